The summed E-state index contributed by atoms with van der Waals surface area (Å²) in [5, 5.41) is 11.1. The Morgan fingerprint density at radius 3 is 2.75 bits per heavy atom. The van der Waals surface area contributed by atoms with E-state index in [1.54, 1.807) is 0 Å². The van der Waals surface area contributed by atoms with Crippen molar-refractivity contribution < 1.29 is 14.5 Å². The molecule has 1 saturated carbocycles. The minimum absolute atomic E-state index is 0.0713. The molecule has 0 unspecified atom stereocenters. The van der Waals surface area contributed by atoms with Crippen molar-refractivity contribution in [2.75, 3.05) is 18.6 Å². The molecule has 108 valence electrons. The molecule has 1 fully saturated rings. The average molecular weight is 279 g/mol. The van der Waals surface area contributed by atoms with Gasteiger partial charge in [0.2, 0.25) is 5.82 Å². The van der Waals surface area contributed by atoms with Gasteiger partial charge in [0, 0.05) is 18.7 Å². The SMILES string of the molecule is CCCN(c1nc(C(=O)OC)ccc1[N+](=O)[O-])C1CC1. The average Bonchev–Trinajstić information content (AvgIpc) is 3.27. The summed E-state index contributed by atoms with van der Waals surface area (Å²) < 4.78 is 4.62. The van der Waals surface area contributed by atoms with Gasteiger partial charge in [-0.2, -0.15) is 0 Å². The predicted octanol–water partition coefficient (Wildman–Crippen LogP) is 2.16. The Balaban J connectivity index is 2.44. The third kappa shape index (κ3) is 2.87. The van der Waals surface area contributed by atoms with Gasteiger partial charge in [0.05, 0.1) is 12.0 Å². The van der Waals surface area contributed by atoms with Gasteiger partial charge in [-0.15, -0.1) is 0 Å². The van der Waals surface area contributed by atoms with Gasteiger partial charge >= 0.3 is 11.7 Å². The fraction of sp³-hybridized carbons (Fsp3) is 0.538. The topological polar surface area (TPSA) is 85.6 Å². The van der Waals surface area contributed by atoms with Crippen LogP contribution in [-0.4, -0.2) is 35.6 Å². The summed E-state index contributed by atoms with van der Waals surface area (Å²) in [6.07, 6.45) is 2.86. The number of hydrogen-bond donors (Lipinski definition) is 0. The number of pyridine rings is 1. The second-order valence-corrected chi connectivity index (χ2v) is 4.71. The Labute approximate surface area is 116 Å². The van der Waals surface area contributed by atoms with Crippen molar-refractivity contribution in [2.24, 2.45) is 0 Å². The van der Waals surface area contributed by atoms with E-state index in [9.17, 15) is 14.9 Å². The molecule has 7 nitrogen and oxygen atoms in total. The highest BCUT2D eigenvalue weighted by molar-refractivity contribution is 5.88. The lowest BCUT2D eigenvalue weighted by Crippen LogP contribution is -2.28. The number of ether oxygens (including phenoxy) is 1. The van der Waals surface area contributed by atoms with Crippen LogP contribution in [0.2, 0.25) is 0 Å². The first-order valence-corrected chi connectivity index (χ1v) is 6.58. The lowest BCUT2D eigenvalue weighted by molar-refractivity contribution is -0.384. The molecular formula is C13H17N3O4. The summed E-state index contributed by atoms with van der Waals surface area (Å²) in [4.78, 5) is 28.3. The fourth-order valence-corrected chi connectivity index (χ4v) is 2.10. The number of aromatic nitrogens is 1. The number of nitrogens with zero attached hydrogens (tertiary/aromatic N) is 3. The molecule has 1 aromatic heterocycles. The van der Waals surface area contributed by atoms with Gasteiger partial charge in [0.25, 0.3) is 0 Å². The van der Waals surface area contributed by atoms with Gasteiger partial charge in [-0.1, -0.05) is 6.92 Å². The maximum absolute atomic E-state index is 11.5. The Morgan fingerprint density at radius 1 is 1.55 bits per heavy atom. The molecule has 0 spiro atoms. The van der Waals surface area contributed by atoms with Crippen LogP contribution >= 0.6 is 0 Å². The normalized spacial score (nSPS) is 13.9. The summed E-state index contributed by atoms with van der Waals surface area (Å²) in [6.45, 7) is 2.69. The van der Waals surface area contributed by atoms with Crippen LogP contribution in [0.1, 0.15) is 36.7 Å². The Morgan fingerprint density at radius 2 is 2.25 bits per heavy atom. The molecule has 0 N–H and O–H groups in total. The quantitative estimate of drug-likeness (QED) is 0.450. The Kier molecular flexibility index (Phi) is 4.16. The molecule has 20 heavy (non-hydrogen) atoms. The lowest BCUT2D eigenvalue weighted by atomic mass is 10.2. The van der Waals surface area contributed by atoms with Crippen LogP contribution in [0.15, 0.2) is 12.1 Å². The first-order valence-electron chi connectivity index (χ1n) is 6.58. The number of anilines is 1. The molecule has 1 aromatic rings. The maximum atomic E-state index is 11.5. The largest absolute Gasteiger partial charge is 0.464 e. The van der Waals surface area contributed by atoms with Gasteiger partial charge in [-0.3, -0.25) is 10.1 Å². The summed E-state index contributed by atoms with van der Waals surface area (Å²) in [5.41, 5.74) is 0.0212. The minimum Gasteiger partial charge on any atom is -0.464 e. The van der Waals surface area contributed by atoms with Crippen molar-refractivity contribution in [3.8, 4) is 0 Å². The summed E-state index contributed by atoms with van der Waals surface area (Å²) in [5.74, 6) is -0.323. The third-order valence-corrected chi connectivity index (χ3v) is 3.17. The van der Waals surface area contributed by atoms with Crippen molar-refractivity contribution in [3.05, 3.63) is 27.9 Å². The number of methoxy groups -OCH3 is 1. The molecule has 0 amide bonds. The first kappa shape index (κ1) is 14.2. The first-order chi connectivity index (χ1) is 9.58. The maximum Gasteiger partial charge on any atom is 0.356 e. The number of nitro groups is 1. The van der Waals surface area contributed by atoms with Gasteiger partial charge in [-0.25, -0.2) is 9.78 Å². The van der Waals surface area contributed by atoms with E-state index in [1.165, 1.54) is 19.2 Å². The predicted molar refractivity (Wildman–Crippen MR) is 72.9 cm³/mol. The number of carbonyl (C=O) groups is 1. The zero-order valence-electron chi connectivity index (χ0n) is 11.5. The second-order valence-electron chi connectivity index (χ2n) is 4.71. The molecule has 0 radical (unpaired) electrons. The number of esters is 1. The van der Waals surface area contributed by atoms with E-state index >= 15 is 0 Å². The molecule has 0 aromatic carbocycles. The fourth-order valence-electron chi connectivity index (χ4n) is 2.10. The summed E-state index contributed by atoms with van der Waals surface area (Å²) in [6, 6.07) is 2.93. The van der Waals surface area contributed by atoms with Gasteiger partial charge in [0.15, 0.2) is 5.69 Å². The zero-order chi connectivity index (χ0) is 14.7. The van der Waals surface area contributed by atoms with Gasteiger partial charge < -0.3 is 9.64 Å². The van der Waals surface area contributed by atoms with Crippen molar-refractivity contribution in [3.63, 3.8) is 0 Å². The van der Waals surface area contributed by atoms with Crippen molar-refractivity contribution in [2.45, 2.75) is 32.2 Å². The molecule has 1 aliphatic rings. The van der Waals surface area contributed by atoms with Crippen LogP contribution in [0.3, 0.4) is 0 Å². The van der Waals surface area contributed by atoms with Crippen LogP contribution in [0.25, 0.3) is 0 Å². The molecule has 0 atom stereocenters. The highest BCUT2D eigenvalue weighted by Crippen LogP contribution is 2.35. The van der Waals surface area contributed by atoms with E-state index in [1.807, 2.05) is 11.8 Å². The van der Waals surface area contributed by atoms with E-state index in [0.29, 0.717) is 6.54 Å². The zero-order valence-corrected chi connectivity index (χ0v) is 11.5. The summed E-state index contributed by atoms with van der Waals surface area (Å²) in [7, 11) is 1.26. The highest BCUT2D eigenvalue weighted by atomic mass is 16.6. The van der Waals surface area contributed by atoms with Crippen molar-refractivity contribution in [1.82, 2.24) is 4.98 Å². The molecule has 0 aliphatic heterocycles. The molecule has 7 heteroatoms. The van der Waals surface area contributed by atoms with Crippen LogP contribution in [-0.2, 0) is 4.74 Å². The molecule has 0 saturated heterocycles. The third-order valence-electron chi connectivity index (χ3n) is 3.17. The Hall–Kier alpha value is -2.18. The molecular weight excluding hydrogens is 262 g/mol. The molecule has 2 rings (SSSR count). The van der Waals surface area contributed by atoms with Crippen molar-refractivity contribution >= 4 is 17.5 Å². The Bertz CT molecular complexity index is 528. The highest BCUT2D eigenvalue weighted by Gasteiger charge is 2.34. The molecule has 1 aliphatic carbocycles. The number of rotatable bonds is 6. The standard InChI is InChI=1S/C13H17N3O4/c1-3-8-15(9-4-5-9)12-11(16(18)19)7-6-10(14-12)13(17)20-2/h6-7,9H,3-5,8H2,1-2H3. The van der Waals surface area contributed by atoms with E-state index in [-0.39, 0.29) is 23.2 Å². The van der Waals surface area contributed by atoms with Gasteiger partial charge in [-0.05, 0) is 25.3 Å². The van der Waals surface area contributed by atoms with Crippen LogP contribution < -0.4 is 4.90 Å². The van der Waals surface area contributed by atoms with E-state index in [2.05, 4.69) is 9.72 Å². The van der Waals surface area contributed by atoms with E-state index in [4.69, 9.17) is 0 Å². The van der Waals surface area contributed by atoms with Crippen LogP contribution in [0.5, 0.6) is 0 Å². The van der Waals surface area contributed by atoms with E-state index in [0.717, 1.165) is 19.3 Å². The molecule has 0 bridgehead atoms. The van der Waals surface area contributed by atoms with Gasteiger partial charge in [0.1, 0.15) is 0 Å². The second kappa shape index (κ2) is 5.85. The lowest BCUT2D eigenvalue weighted by Gasteiger charge is -2.22. The van der Waals surface area contributed by atoms with Crippen LogP contribution in [0.4, 0.5) is 11.5 Å². The number of carbonyl (C=O) groups excluding carboxylic acids is 1. The number of hydrogen-bond acceptors (Lipinski definition) is 6. The van der Waals surface area contributed by atoms with Crippen LogP contribution in [0, 0.1) is 10.1 Å². The summed E-state index contributed by atoms with van der Waals surface area (Å²) >= 11 is 0. The van der Waals surface area contributed by atoms with E-state index < -0.39 is 10.9 Å². The minimum atomic E-state index is -0.589. The van der Waals surface area contributed by atoms with Crippen molar-refractivity contribution in [1.29, 1.82) is 0 Å². The monoisotopic (exact) mass is 279 g/mol. The molecule has 1 heterocycles. The smallest absolute Gasteiger partial charge is 0.356 e.